The summed E-state index contributed by atoms with van der Waals surface area (Å²) >= 11 is 1.46. The second-order valence-electron chi connectivity index (χ2n) is 7.92. The highest BCUT2D eigenvalue weighted by Crippen LogP contribution is 2.30. The lowest BCUT2D eigenvalue weighted by Gasteiger charge is -2.13. The van der Waals surface area contributed by atoms with Crippen molar-refractivity contribution in [3.05, 3.63) is 51.0 Å². The molecule has 1 aromatic heterocycles. The number of esters is 1. The third-order valence-corrected chi connectivity index (χ3v) is 6.53. The number of nitrogens with zero attached hydrogens (tertiary/aromatic N) is 1. The van der Waals surface area contributed by atoms with E-state index in [1.54, 1.807) is 13.1 Å². The van der Waals surface area contributed by atoms with Gasteiger partial charge in [0.1, 0.15) is 10.8 Å². The number of thiazole rings is 1. The highest BCUT2D eigenvalue weighted by Gasteiger charge is 2.26. The molecule has 1 aromatic carbocycles. The van der Waals surface area contributed by atoms with Crippen molar-refractivity contribution >= 4 is 28.9 Å². The van der Waals surface area contributed by atoms with Crippen molar-refractivity contribution in [2.45, 2.75) is 65.2 Å². The quantitative estimate of drug-likeness (QED) is 0.407. The Morgan fingerprint density at radius 3 is 2.67 bits per heavy atom. The Morgan fingerprint density at radius 2 is 1.93 bits per heavy atom. The summed E-state index contributed by atoms with van der Waals surface area (Å²) in [4.78, 5) is 42.5. The van der Waals surface area contributed by atoms with E-state index in [1.165, 1.54) is 11.3 Å². The van der Waals surface area contributed by atoms with Gasteiger partial charge < -0.3 is 4.74 Å². The molecule has 5 nitrogen and oxygen atoms in total. The van der Waals surface area contributed by atoms with E-state index in [1.807, 2.05) is 25.1 Å². The number of carbonyl (C=O) groups excluding carboxylic acids is 3. The van der Waals surface area contributed by atoms with Gasteiger partial charge in [-0.1, -0.05) is 30.5 Å². The predicted molar refractivity (Wildman–Crippen MR) is 117 cm³/mol. The number of hydrogen-bond donors (Lipinski definition) is 0. The molecule has 0 radical (unpaired) electrons. The van der Waals surface area contributed by atoms with Crippen LogP contribution in [0.25, 0.3) is 0 Å². The summed E-state index contributed by atoms with van der Waals surface area (Å²) in [6.45, 7) is 4.14. The number of benzene rings is 1. The average Bonchev–Trinajstić information content (AvgIpc) is 3.39. The van der Waals surface area contributed by atoms with E-state index in [0.29, 0.717) is 25.0 Å². The minimum Gasteiger partial charge on any atom is -0.466 e. The smallest absolute Gasteiger partial charge is 0.306 e. The summed E-state index contributed by atoms with van der Waals surface area (Å²) in [5, 5.41) is 0.745. The zero-order valence-corrected chi connectivity index (χ0v) is 18.6. The number of aryl methyl sites for hydroxylation is 2. The lowest BCUT2D eigenvalue weighted by atomic mass is 9.90. The number of carbonyl (C=O) groups is 3. The number of ketones is 2. The highest BCUT2D eigenvalue weighted by molar-refractivity contribution is 7.11. The molecule has 0 bridgehead atoms. The minimum absolute atomic E-state index is 0.0469. The van der Waals surface area contributed by atoms with Crippen LogP contribution in [-0.2, 0) is 33.6 Å². The molecule has 0 N–H and O–H groups in total. The van der Waals surface area contributed by atoms with Crippen molar-refractivity contribution in [3.8, 4) is 0 Å². The summed E-state index contributed by atoms with van der Waals surface area (Å²) in [6, 6.07) is 5.81. The van der Waals surface area contributed by atoms with Crippen LogP contribution in [0.15, 0.2) is 24.4 Å². The van der Waals surface area contributed by atoms with Crippen LogP contribution in [0.4, 0.5) is 0 Å². The van der Waals surface area contributed by atoms with Gasteiger partial charge in [-0.3, -0.25) is 14.4 Å². The summed E-state index contributed by atoms with van der Waals surface area (Å²) in [7, 11) is 0. The van der Waals surface area contributed by atoms with Crippen molar-refractivity contribution in [1.29, 1.82) is 0 Å². The van der Waals surface area contributed by atoms with Crippen molar-refractivity contribution < 1.29 is 19.1 Å². The van der Waals surface area contributed by atoms with Gasteiger partial charge in [-0.15, -0.1) is 11.3 Å². The Kier molecular flexibility index (Phi) is 7.91. The van der Waals surface area contributed by atoms with Crippen molar-refractivity contribution in [3.63, 3.8) is 0 Å². The third kappa shape index (κ3) is 6.08. The second kappa shape index (κ2) is 10.6. The number of aromatic nitrogens is 1. The fraction of sp³-hybridized carbons (Fsp3) is 0.500. The minimum atomic E-state index is -0.220. The van der Waals surface area contributed by atoms with Gasteiger partial charge in [-0.05, 0) is 44.7 Å². The molecule has 1 heterocycles. The molecule has 0 spiro atoms. The van der Waals surface area contributed by atoms with E-state index in [9.17, 15) is 14.4 Å². The second-order valence-corrected chi connectivity index (χ2v) is 9.12. The maximum absolute atomic E-state index is 13.0. The fourth-order valence-corrected chi connectivity index (χ4v) is 4.88. The zero-order valence-electron chi connectivity index (χ0n) is 17.7. The van der Waals surface area contributed by atoms with Crippen LogP contribution in [0.1, 0.15) is 70.4 Å². The highest BCUT2D eigenvalue weighted by atomic mass is 32.1. The monoisotopic (exact) mass is 427 g/mol. The van der Waals surface area contributed by atoms with Crippen LogP contribution in [0, 0.1) is 12.8 Å². The molecule has 0 atom stereocenters. The van der Waals surface area contributed by atoms with Crippen molar-refractivity contribution in [2.75, 3.05) is 6.61 Å². The van der Waals surface area contributed by atoms with Crippen LogP contribution in [0.2, 0.25) is 0 Å². The first kappa shape index (κ1) is 22.3. The van der Waals surface area contributed by atoms with E-state index in [4.69, 9.17) is 4.74 Å². The first-order chi connectivity index (χ1) is 14.5. The molecular weight excluding hydrogens is 398 g/mol. The Morgan fingerprint density at radius 1 is 1.17 bits per heavy atom. The van der Waals surface area contributed by atoms with Gasteiger partial charge >= 0.3 is 5.97 Å². The fourth-order valence-electron chi connectivity index (χ4n) is 3.93. The van der Waals surface area contributed by atoms with Gasteiger partial charge in [0.15, 0.2) is 5.78 Å². The number of hydrogen-bond acceptors (Lipinski definition) is 6. The number of ether oxygens (including phenoxy) is 1. The molecule has 30 heavy (non-hydrogen) atoms. The average molecular weight is 428 g/mol. The molecule has 160 valence electrons. The molecule has 1 saturated carbocycles. The van der Waals surface area contributed by atoms with Crippen LogP contribution in [0.5, 0.6) is 0 Å². The van der Waals surface area contributed by atoms with Crippen molar-refractivity contribution in [2.24, 2.45) is 5.92 Å². The SMILES string of the molecule is CCOC(=O)CCc1cnc(CC(=O)Cc2ccc(C)cc2C(=O)C2CCCC2)s1. The van der Waals surface area contributed by atoms with E-state index in [-0.39, 0.29) is 36.3 Å². The molecule has 0 amide bonds. The molecule has 2 aromatic rings. The summed E-state index contributed by atoms with van der Waals surface area (Å²) < 4.78 is 4.94. The largest absolute Gasteiger partial charge is 0.466 e. The van der Waals surface area contributed by atoms with E-state index < -0.39 is 0 Å². The Hall–Kier alpha value is -2.34. The summed E-state index contributed by atoms with van der Waals surface area (Å²) in [5.41, 5.74) is 2.57. The molecular formula is C24H29NO4S. The van der Waals surface area contributed by atoms with Gasteiger partial charge in [-0.25, -0.2) is 4.98 Å². The number of rotatable bonds is 10. The lowest BCUT2D eigenvalue weighted by molar-refractivity contribution is -0.143. The van der Waals surface area contributed by atoms with Gasteiger partial charge in [0.2, 0.25) is 0 Å². The van der Waals surface area contributed by atoms with E-state index in [0.717, 1.165) is 46.7 Å². The van der Waals surface area contributed by atoms with Gasteiger partial charge in [0.05, 0.1) is 19.4 Å². The van der Waals surface area contributed by atoms with Crippen molar-refractivity contribution in [1.82, 2.24) is 4.98 Å². The molecule has 0 aliphatic heterocycles. The molecule has 1 fully saturated rings. The normalized spacial score (nSPS) is 14.1. The first-order valence-corrected chi connectivity index (χ1v) is 11.5. The van der Waals surface area contributed by atoms with Gasteiger partial charge in [0.25, 0.3) is 0 Å². The van der Waals surface area contributed by atoms with Crippen LogP contribution in [0.3, 0.4) is 0 Å². The molecule has 0 saturated heterocycles. The maximum atomic E-state index is 13.0. The topological polar surface area (TPSA) is 73.3 Å². The first-order valence-electron chi connectivity index (χ1n) is 10.7. The van der Waals surface area contributed by atoms with Gasteiger partial charge in [-0.2, -0.15) is 0 Å². The van der Waals surface area contributed by atoms with Crippen LogP contribution in [-0.4, -0.2) is 29.1 Å². The summed E-state index contributed by atoms with van der Waals surface area (Å²) in [5.74, 6) is 0.115. The maximum Gasteiger partial charge on any atom is 0.306 e. The number of Topliss-reactive ketones (excluding diaryl/α,β-unsaturated/α-hetero) is 2. The predicted octanol–water partition coefficient (Wildman–Crippen LogP) is 4.67. The zero-order chi connectivity index (χ0) is 21.5. The molecule has 6 heteroatoms. The molecule has 3 rings (SSSR count). The summed E-state index contributed by atoms with van der Waals surface area (Å²) in [6.07, 6.45) is 7.23. The molecule has 1 aliphatic carbocycles. The Bertz CT molecular complexity index is 912. The van der Waals surface area contributed by atoms with Crippen LogP contribution >= 0.6 is 11.3 Å². The Balaban J connectivity index is 1.61. The Labute approximate surface area is 181 Å². The van der Waals surface area contributed by atoms with E-state index in [2.05, 4.69) is 4.98 Å². The lowest BCUT2D eigenvalue weighted by Crippen LogP contribution is -2.16. The molecule has 1 aliphatic rings. The third-order valence-electron chi connectivity index (χ3n) is 5.48. The molecule has 0 unspecified atom stereocenters. The van der Waals surface area contributed by atoms with E-state index >= 15 is 0 Å². The van der Waals surface area contributed by atoms with Gasteiger partial charge in [0, 0.05) is 29.0 Å². The standard InChI is InChI=1S/C24H29NO4S/c1-3-29-23(27)11-10-20-15-25-22(30-20)14-19(26)13-18-9-8-16(2)12-21(18)24(28)17-6-4-5-7-17/h8-9,12,15,17H,3-7,10-11,13-14H2,1-2H3. The van der Waals surface area contributed by atoms with Crippen LogP contribution < -0.4 is 0 Å².